The highest BCUT2D eigenvalue weighted by Gasteiger charge is 2.07. The van der Waals surface area contributed by atoms with Crippen molar-refractivity contribution >= 4 is 0 Å². The van der Waals surface area contributed by atoms with Gasteiger partial charge in [0.05, 0.1) is 6.10 Å². The first-order chi connectivity index (χ1) is 9.93. The molecule has 130 valence electrons. The number of aliphatic hydroxyl groups excluding tert-OH is 2. The molecule has 0 aliphatic heterocycles. The van der Waals surface area contributed by atoms with Gasteiger partial charge in [-0.3, -0.25) is 0 Å². The van der Waals surface area contributed by atoms with Crippen molar-refractivity contribution in [3.05, 3.63) is 0 Å². The van der Waals surface area contributed by atoms with Crippen molar-refractivity contribution in [3.63, 3.8) is 0 Å². The fourth-order valence-corrected chi connectivity index (χ4v) is 2.43. The van der Waals surface area contributed by atoms with E-state index in [9.17, 15) is 5.11 Å². The minimum atomic E-state index is -0.0833. The molecule has 21 heavy (non-hydrogen) atoms. The molecule has 0 aromatic heterocycles. The maximum Gasteiger partial charge on any atom is 0.0545 e. The van der Waals surface area contributed by atoms with Gasteiger partial charge in [0.1, 0.15) is 0 Å². The molecule has 0 heterocycles. The van der Waals surface area contributed by atoms with E-state index in [1.165, 1.54) is 44.9 Å². The first kappa shape index (κ1) is 23.2. The van der Waals surface area contributed by atoms with Crippen molar-refractivity contribution < 1.29 is 10.2 Å². The van der Waals surface area contributed by atoms with Gasteiger partial charge in [0, 0.05) is 6.61 Å². The first-order valence-electron chi connectivity index (χ1n) is 9.22. The van der Waals surface area contributed by atoms with Crippen LogP contribution in [-0.4, -0.2) is 22.9 Å². The van der Waals surface area contributed by atoms with Crippen LogP contribution in [0.3, 0.4) is 0 Å². The van der Waals surface area contributed by atoms with Crippen LogP contribution in [0.4, 0.5) is 0 Å². The summed E-state index contributed by atoms with van der Waals surface area (Å²) in [6.07, 6.45) is 12.2. The van der Waals surface area contributed by atoms with Crippen molar-refractivity contribution in [2.75, 3.05) is 6.61 Å². The minimum Gasteiger partial charge on any atom is -0.396 e. The summed E-state index contributed by atoms with van der Waals surface area (Å²) in [5.41, 5.74) is 0. The smallest absolute Gasteiger partial charge is 0.0545 e. The summed E-state index contributed by atoms with van der Waals surface area (Å²) in [7, 11) is 0. The summed E-state index contributed by atoms with van der Waals surface area (Å²) in [6.45, 7) is 11.2. The quantitative estimate of drug-likeness (QED) is 0.463. The summed E-state index contributed by atoms with van der Waals surface area (Å²) in [4.78, 5) is 0. The SMILES string of the molecule is CC(C)CC(O)CC(C)C.CCCCCCCCCCO. The zero-order valence-corrected chi connectivity index (χ0v) is 15.4. The van der Waals surface area contributed by atoms with Gasteiger partial charge in [-0.25, -0.2) is 0 Å². The normalized spacial score (nSPS) is 11.1. The third-order valence-corrected chi connectivity index (χ3v) is 3.50. The molecule has 2 nitrogen and oxygen atoms in total. The Labute approximate surface area is 134 Å². The molecule has 0 aromatic rings. The van der Waals surface area contributed by atoms with E-state index >= 15 is 0 Å². The first-order valence-corrected chi connectivity index (χ1v) is 9.22. The molecule has 0 aromatic carbocycles. The average Bonchev–Trinajstić information content (AvgIpc) is 2.36. The van der Waals surface area contributed by atoms with Gasteiger partial charge in [-0.1, -0.05) is 79.6 Å². The van der Waals surface area contributed by atoms with E-state index in [-0.39, 0.29) is 6.10 Å². The summed E-state index contributed by atoms with van der Waals surface area (Å²) in [6, 6.07) is 0. The highest BCUT2D eigenvalue weighted by Crippen LogP contribution is 2.12. The Hall–Kier alpha value is -0.0800. The van der Waals surface area contributed by atoms with E-state index in [1.807, 2.05) is 0 Å². The van der Waals surface area contributed by atoms with Crippen LogP contribution in [0.2, 0.25) is 0 Å². The Morgan fingerprint density at radius 2 is 1.05 bits per heavy atom. The molecule has 0 radical (unpaired) electrons. The fourth-order valence-electron chi connectivity index (χ4n) is 2.43. The van der Waals surface area contributed by atoms with E-state index in [2.05, 4.69) is 34.6 Å². The molecule has 0 spiro atoms. The van der Waals surface area contributed by atoms with Gasteiger partial charge < -0.3 is 10.2 Å². The van der Waals surface area contributed by atoms with E-state index in [1.54, 1.807) is 0 Å². The molecule has 2 N–H and O–H groups in total. The fraction of sp³-hybridized carbons (Fsp3) is 1.00. The molecular weight excluding hydrogens is 260 g/mol. The molecule has 0 amide bonds. The second kappa shape index (κ2) is 18.0. The summed E-state index contributed by atoms with van der Waals surface area (Å²) in [5.74, 6) is 1.24. The van der Waals surface area contributed by atoms with Crippen LogP contribution < -0.4 is 0 Å². The summed E-state index contributed by atoms with van der Waals surface area (Å²) >= 11 is 0. The van der Waals surface area contributed by atoms with Crippen LogP contribution >= 0.6 is 0 Å². The van der Waals surface area contributed by atoms with Crippen LogP contribution in [0.25, 0.3) is 0 Å². The Balaban J connectivity index is 0. The zero-order valence-electron chi connectivity index (χ0n) is 15.4. The lowest BCUT2D eigenvalue weighted by atomic mass is 9.98. The van der Waals surface area contributed by atoms with Gasteiger partial charge in [-0.2, -0.15) is 0 Å². The third-order valence-electron chi connectivity index (χ3n) is 3.50. The van der Waals surface area contributed by atoms with E-state index in [4.69, 9.17) is 5.11 Å². The van der Waals surface area contributed by atoms with Crippen molar-refractivity contribution in [1.29, 1.82) is 0 Å². The largest absolute Gasteiger partial charge is 0.396 e. The maximum atomic E-state index is 9.39. The molecule has 0 atom stereocenters. The van der Waals surface area contributed by atoms with Crippen LogP contribution in [-0.2, 0) is 0 Å². The van der Waals surface area contributed by atoms with Crippen LogP contribution in [0.5, 0.6) is 0 Å². The van der Waals surface area contributed by atoms with Crippen molar-refractivity contribution in [1.82, 2.24) is 0 Å². The highest BCUT2D eigenvalue weighted by molar-refractivity contribution is 4.60. The Kier molecular flexibility index (Phi) is 19.8. The van der Waals surface area contributed by atoms with Crippen molar-refractivity contribution in [2.24, 2.45) is 11.8 Å². The van der Waals surface area contributed by atoms with Crippen molar-refractivity contribution in [2.45, 2.75) is 105 Å². The molecule has 2 heteroatoms. The Morgan fingerprint density at radius 3 is 1.38 bits per heavy atom. The Morgan fingerprint density at radius 1 is 0.667 bits per heavy atom. The molecule has 0 fully saturated rings. The molecule has 0 saturated heterocycles. The van der Waals surface area contributed by atoms with Crippen LogP contribution in [0.1, 0.15) is 98.8 Å². The second-order valence-corrected chi connectivity index (χ2v) is 7.11. The van der Waals surface area contributed by atoms with E-state index in [0.717, 1.165) is 19.3 Å². The summed E-state index contributed by atoms with van der Waals surface area (Å²) in [5, 5.41) is 17.9. The van der Waals surface area contributed by atoms with Crippen molar-refractivity contribution in [3.8, 4) is 0 Å². The molecule has 0 unspecified atom stereocenters. The Bertz CT molecular complexity index is 160. The second-order valence-electron chi connectivity index (χ2n) is 7.11. The molecule has 0 rings (SSSR count). The molecule has 0 saturated carbocycles. The number of aliphatic hydroxyl groups is 2. The average molecular weight is 303 g/mol. The third kappa shape index (κ3) is 25.2. The molecule has 0 bridgehead atoms. The standard InChI is InChI=1S/C10H22O.C9H20O/c1-2-3-4-5-6-7-8-9-10-11;1-7(2)5-9(10)6-8(3)4/h11H,2-10H2,1H3;7-10H,5-6H2,1-4H3. The van der Waals surface area contributed by atoms with Crippen LogP contribution in [0, 0.1) is 11.8 Å². The number of hydrogen-bond acceptors (Lipinski definition) is 2. The molecule has 0 aliphatic carbocycles. The monoisotopic (exact) mass is 302 g/mol. The topological polar surface area (TPSA) is 40.5 Å². The maximum absolute atomic E-state index is 9.39. The van der Waals surface area contributed by atoms with Gasteiger partial charge in [0.2, 0.25) is 0 Å². The number of rotatable bonds is 12. The van der Waals surface area contributed by atoms with Gasteiger partial charge >= 0.3 is 0 Å². The zero-order chi connectivity index (χ0) is 16.5. The lowest BCUT2D eigenvalue weighted by Crippen LogP contribution is -2.12. The molecular formula is C19H42O2. The lowest BCUT2D eigenvalue weighted by molar-refractivity contribution is 0.125. The number of hydrogen-bond donors (Lipinski definition) is 2. The van der Waals surface area contributed by atoms with E-state index < -0.39 is 0 Å². The van der Waals surface area contributed by atoms with Gasteiger partial charge in [-0.05, 0) is 31.1 Å². The predicted octanol–water partition coefficient (Wildman–Crippen LogP) is 5.56. The number of unbranched alkanes of at least 4 members (excludes halogenated alkanes) is 7. The highest BCUT2D eigenvalue weighted by atomic mass is 16.3. The van der Waals surface area contributed by atoms with Crippen LogP contribution in [0.15, 0.2) is 0 Å². The van der Waals surface area contributed by atoms with Gasteiger partial charge in [-0.15, -0.1) is 0 Å². The minimum absolute atomic E-state index is 0.0833. The summed E-state index contributed by atoms with van der Waals surface area (Å²) < 4.78 is 0. The molecule has 0 aliphatic rings. The predicted molar refractivity (Wildman–Crippen MR) is 94.6 cm³/mol. The lowest BCUT2D eigenvalue weighted by Gasteiger charge is -2.14. The van der Waals surface area contributed by atoms with E-state index in [0.29, 0.717) is 18.4 Å². The van der Waals surface area contributed by atoms with Gasteiger partial charge in [0.25, 0.3) is 0 Å². The van der Waals surface area contributed by atoms with Gasteiger partial charge in [0.15, 0.2) is 0 Å².